The summed E-state index contributed by atoms with van der Waals surface area (Å²) >= 11 is 0. The van der Waals surface area contributed by atoms with Crippen molar-refractivity contribution in [3.05, 3.63) is 23.8 Å². The van der Waals surface area contributed by atoms with Gasteiger partial charge in [-0.15, -0.1) is 0 Å². The lowest BCUT2D eigenvalue weighted by Gasteiger charge is -2.08. The molecule has 1 unspecified atom stereocenters. The SMILES string of the molecule is CC1COc2ccc(OCCN)cc2C(=O)N1. The Morgan fingerprint density at radius 1 is 1.59 bits per heavy atom. The smallest absolute Gasteiger partial charge is 0.255 e. The van der Waals surface area contributed by atoms with Crippen LogP contribution in [0.15, 0.2) is 18.2 Å². The lowest BCUT2D eigenvalue weighted by molar-refractivity contribution is 0.0942. The summed E-state index contributed by atoms with van der Waals surface area (Å²) in [6, 6.07) is 5.21. The molecule has 5 nitrogen and oxygen atoms in total. The molecule has 5 heteroatoms. The van der Waals surface area contributed by atoms with E-state index in [1.54, 1.807) is 18.2 Å². The lowest BCUT2D eigenvalue weighted by atomic mass is 10.1. The maximum atomic E-state index is 11.9. The minimum atomic E-state index is -0.136. The number of ether oxygens (including phenoxy) is 2. The Morgan fingerprint density at radius 3 is 3.18 bits per heavy atom. The van der Waals surface area contributed by atoms with Crippen molar-refractivity contribution in [3.8, 4) is 11.5 Å². The molecule has 0 aromatic heterocycles. The van der Waals surface area contributed by atoms with Gasteiger partial charge in [-0.1, -0.05) is 0 Å². The molecule has 17 heavy (non-hydrogen) atoms. The van der Waals surface area contributed by atoms with E-state index in [2.05, 4.69) is 5.32 Å². The van der Waals surface area contributed by atoms with Gasteiger partial charge in [0.25, 0.3) is 5.91 Å². The Balaban J connectivity index is 2.24. The molecule has 1 aliphatic heterocycles. The minimum absolute atomic E-state index is 0.00306. The molecular formula is C12H16N2O3. The van der Waals surface area contributed by atoms with Crippen LogP contribution in [0.1, 0.15) is 17.3 Å². The molecule has 92 valence electrons. The Kier molecular flexibility index (Phi) is 3.49. The molecule has 0 aliphatic carbocycles. The second kappa shape index (κ2) is 5.05. The van der Waals surface area contributed by atoms with Gasteiger partial charge in [-0.25, -0.2) is 0 Å². The molecule has 1 atom stereocenters. The molecule has 1 aliphatic rings. The molecule has 0 saturated heterocycles. The third kappa shape index (κ3) is 2.68. The van der Waals surface area contributed by atoms with E-state index in [-0.39, 0.29) is 11.9 Å². The van der Waals surface area contributed by atoms with Crippen LogP contribution in [-0.4, -0.2) is 31.7 Å². The van der Waals surface area contributed by atoms with Gasteiger partial charge in [0.1, 0.15) is 24.7 Å². The van der Waals surface area contributed by atoms with Crippen molar-refractivity contribution in [2.45, 2.75) is 13.0 Å². The van der Waals surface area contributed by atoms with Gasteiger partial charge in [-0.05, 0) is 25.1 Å². The summed E-state index contributed by atoms with van der Waals surface area (Å²) in [6.45, 7) is 3.24. The molecule has 1 aromatic carbocycles. The number of hydrogen-bond donors (Lipinski definition) is 2. The summed E-state index contributed by atoms with van der Waals surface area (Å²) in [5, 5.41) is 2.84. The first-order valence-corrected chi connectivity index (χ1v) is 5.61. The van der Waals surface area contributed by atoms with Gasteiger partial charge < -0.3 is 20.5 Å². The van der Waals surface area contributed by atoms with Crippen molar-refractivity contribution in [2.24, 2.45) is 5.73 Å². The van der Waals surface area contributed by atoms with Crippen LogP contribution in [-0.2, 0) is 0 Å². The van der Waals surface area contributed by atoms with Crippen LogP contribution in [0.4, 0.5) is 0 Å². The quantitative estimate of drug-likeness (QED) is 0.803. The van der Waals surface area contributed by atoms with Crippen LogP contribution >= 0.6 is 0 Å². The molecule has 1 amide bonds. The molecule has 1 aromatic rings. The predicted octanol–water partition coefficient (Wildman–Crippen LogP) is 0.535. The van der Waals surface area contributed by atoms with Gasteiger partial charge >= 0.3 is 0 Å². The first kappa shape index (κ1) is 11.7. The fourth-order valence-corrected chi connectivity index (χ4v) is 1.64. The Labute approximate surface area is 99.9 Å². The fourth-order valence-electron chi connectivity index (χ4n) is 1.64. The van der Waals surface area contributed by atoms with Crippen molar-refractivity contribution in [2.75, 3.05) is 19.8 Å². The van der Waals surface area contributed by atoms with E-state index in [9.17, 15) is 4.79 Å². The molecule has 1 heterocycles. The predicted molar refractivity (Wildman–Crippen MR) is 63.4 cm³/mol. The number of carbonyl (C=O) groups is 1. The molecule has 0 radical (unpaired) electrons. The second-order valence-electron chi connectivity index (χ2n) is 3.98. The number of hydrogen-bond acceptors (Lipinski definition) is 4. The number of nitrogens with two attached hydrogens (primary N) is 1. The molecule has 0 saturated carbocycles. The molecule has 0 spiro atoms. The van der Waals surface area contributed by atoms with Gasteiger partial charge in [0, 0.05) is 6.54 Å². The van der Waals surface area contributed by atoms with E-state index in [1.165, 1.54) is 0 Å². The van der Waals surface area contributed by atoms with E-state index >= 15 is 0 Å². The monoisotopic (exact) mass is 236 g/mol. The summed E-state index contributed by atoms with van der Waals surface area (Å²) in [4.78, 5) is 11.9. The van der Waals surface area contributed by atoms with E-state index in [0.29, 0.717) is 36.8 Å². The molecule has 0 fully saturated rings. The fraction of sp³-hybridized carbons (Fsp3) is 0.417. The van der Waals surface area contributed by atoms with Gasteiger partial charge in [0.2, 0.25) is 0 Å². The maximum absolute atomic E-state index is 11.9. The van der Waals surface area contributed by atoms with Gasteiger partial charge in [-0.3, -0.25) is 4.79 Å². The first-order chi connectivity index (χ1) is 8.20. The van der Waals surface area contributed by atoms with E-state index < -0.39 is 0 Å². The van der Waals surface area contributed by atoms with Gasteiger partial charge in [0.15, 0.2) is 0 Å². The lowest BCUT2D eigenvalue weighted by Crippen LogP contribution is -2.33. The zero-order valence-corrected chi connectivity index (χ0v) is 9.73. The van der Waals surface area contributed by atoms with E-state index in [1.807, 2.05) is 6.92 Å². The zero-order valence-electron chi connectivity index (χ0n) is 9.73. The summed E-state index contributed by atoms with van der Waals surface area (Å²) < 4.78 is 10.9. The number of rotatable bonds is 3. The molecule has 3 N–H and O–H groups in total. The highest BCUT2D eigenvalue weighted by Crippen LogP contribution is 2.26. The molecule has 2 rings (SSSR count). The highest BCUT2D eigenvalue weighted by molar-refractivity contribution is 5.97. The normalized spacial score (nSPS) is 18.7. The summed E-state index contributed by atoms with van der Waals surface area (Å²) in [5.74, 6) is 1.08. The number of amides is 1. The van der Waals surface area contributed by atoms with Crippen LogP contribution in [0.2, 0.25) is 0 Å². The third-order valence-corrected chi connectivity index (χ3v) is 2.45. The average molecular weight is 236 g/mol. The van der Waals surface area contributed by atoms with Crippen molar-refractivity contribution >= 4 is 5.91 Å². The van der Waals surface area contributed by atoms with Crippen molar-refractivity contribution in [1.29, 1.82) is 0 Å². The van der Waals surface area contributed by atoms with Crippen LogP contribution in [0, 0.1) is 0 Å². The topological polar surface area (TPSA) is 73.6 Å². The number of nitrogens with one attached hydrogen (secondary N) is 1. The Hall–Kier alpha value is -1.75. The largest absolute Gasteiger partial charge is 0.492 e. The van der Waals surface area contributed by atoms with Crippen molar-refractivity contribution in [1.82, 2.24) is 5.32 Å². The highest BCUT2D eigenvalue weighted by Gasteiger charge is 2.20. The number of benzene rings is 1. The van der Waals surface area contributed by atoms with Gasteiger partial charge in [0.05, 0.1) is 11.6 Å². The van der Waals surface area contributed by atoms with Crippen LogP contribution in [0.3, 0.4) is 0 Å². The van der Waals surface area contributed by atoms with E-state index in [4.69, 9.17) is 15.2 Å². The number of fused-ring (bicyclic) bond motifs is 1. The first-order valence-electron chi connectivity index (χ1n) is 5.61. The van der Waals surface area contributed by atoms with Crippen LogP contribution in [0.5, 0.6) is 11.5 Å². The summed E-state index contributed by atoms with van der Waals surface area (Å²) in [5.41, 5.74) is 5.86. The van der Waals surface area contributed by atoms with Crippen LogP contribution in [0.25, 0.3) is 0 Å². The molecular weight excluding hydrogens is 220 g/mol. The van der Waals surface area contributed by atoms with Crippen molar-refractivity contribution < 1.29 is 14.3 Å². The molecule has 0 bridgehead atoms. The highest BCUT2D eigenvalue weighted by atomic mass is 16.5. The van der Waals surface area contributed by atoms with E-state index in [0.717, 1.165) is 0 Å². The summed E-state index contributed by atoms with van der Waals surface area (Å²) in [6.07, 6.45) is 0. The minimum Gasteiger partial charge on any atom is -0.492 e. The Bertz CT molecular complexity index is 420. The maximum Gasteiger partial charge on any atom is 0.255 e. The standard InChI is InChI=1S/C12H16N2O3/c1-8-7-17-11-3-2-9(16-5-4-13)6-10(11)12(15)14-8/h2-3,6,8H,4-5,7,13H2,1H3,(H,14,15). The van der Waals surface area contributed by atoms with Gasteiger partial charge in [-0.2, -0.15) is 0 Å². The summed E-state index contributed by atoms with van der Waals surface area (Å²) in [7, 11) is 0. The second-order valence-corrected chi connectivity index (χ2v) is 3.98. The van der Waals surface area contributed by atoms with Crippen LogP contribution < -0.4 is 20.5 Å². The Morgan fingerprint density at radius 2 is 2.41 bits per heavy atom. The zero-order chi connectivity index (χ0) is 12.3. The van der Waals surface area contributed by atoms with Crippen molar-refractivity contribution in [3.63, 3.8) is 0 Å². The average Bonchev–Trinajstić information content (AvgIpc) is 2.46. The third-order valence-electron chi connectivity index (χ3n) is 2.45. The number of carbonyl (C=O) groups excluding carboxylic acids is 1.